The molecule has 2 N–H and O–H groups in total. The van der Waals surface area contributed by atoms with E-state index in [1.807, 2.05) is 13.8 Å². The minimum atomic E-state index is -0.640. The predicted molar refractivity (Wildman–Crippen MR) is 77.5 cm³/mol. The van der Waals surface area contributed by atoms with Gasteiger partial charge in [-0.3, -0.25) is 4.79 Å². The zero-order valence-electron chi connectivity index (χ0n) is 12.5. The highest BCUT2D eigenvalue weighted by atomic mass is 19.1. The predicted octanol–water partition coefficient (Wildman–Crippen LogP) is 3.00. The van der Waals surface area contributed by atoms with Gasteiger partial charge in [-0.05, 0) is 36.5 Å². The Morgan fingerprint density at radius 3 is 2.48 bits per heavy atom. The molecule has 1 aromatic carbocycles. The number of halogens is 2. The Hall–Kier alpha value is -1.49. The van der Waals surface area contributed by atoms with Crippen molar-refractivity contribution in [3.05, 3.63) is 35.4 Å². The van der Waals surface area contributed by atoms with Gasteiger partial charge in [0.25, 0.3) is 0 Å². The summed E-state index contributed by atoms with van der Waals surface area (Å²) in [5, 5.41) is 0. The van der Waals surface area contributed by atoms with Gasteiger partial charge in [0.15, 0.2) is 0 Å². The molecule has 116 valence electrons. The lowest BCUT2D eigenvalue weighted by Gasteiger charge is -2.35. The van der Waals surface area contributed by atoms with E-state index in [4.69, 9.17) is 5.73 Å². The molecule has 0 spiro atoms. The van der Waals surface area contributed by atoms with Crippen LogP contribution in [0.4, 0.5) is 8.78 Å². The lowest BCUT2D eigenvalue weighted by molar-refractivity contribution is -0.133. The highest BCUT2D eigenvalue weighted by molar-refractivity contribution is 5.77. The monoisotopic (exact) mass is 296 g/mol. The van der Waals surface area contributed by atoms with E-state index < -0.39 is 17.7 Å². The largest absolute Gasteiger partial charge is 0.334 e. The molecule has 1 saturated heterocycles. The fourth-order valence-electron chi connectivity index (χ4n) is 2.96. The molecular weight excluding hydrogens is 274 g/mol. The van der Waals surface area contributed by atoms with Crippen LogP contribution in [-0.2, 0) is 4.79 Å². The Labute approximate surface area is 124 Å². The van der Waals surface area contributed by atoms with Gasteiger partial charge >= 0.3 is 0 Å². The van der Waals surface area contributed by atoms with Crippen LogP contribution in [0.5, 0.6) is 0 Å². The third kappa shape index (κ3) is 3.79. The first-order valence-corrected chi connectivity index (χ1v) is 7.39. The number of rotatable bonds is 3. The van der Waals surface area contributed by atoms with E-state index in [9.17, 15) is 13.6 Å². The Balaban J connectivity index is 2.43. The van der Waals surface area contributed by atoms with Crippen molar-refractivity contribution < 1.29 is 13.6 Å². The van der Waals surface area contributed by atoms with Gasteiger partial charge in [-0.15, -0.1) is 0 Å². The first-order valence-electron chi connectivity index (χ1n) is 7.39. The van der Waals surface area contributed by atoms with Crippen LogP contribution in [0.25, 0.3) is 0 Å². The molecule has 1 fully saturated rings. The molecule has 1 aliphatic heterocycles. The van der Waals surface area contributed by atoms with Crippen LogP contribution in [0.3, 0.4) is 0 Å². The third-order valence-electron chi connectivity index (χ3n) is 3.78. The summed E-state index contributed by atoms with van der Waals surface area (Å²) in [7, 11) is 0. The summed E-state index contributed by atoms with van der Waals surface area (Å²) in [6, 6.07) is 2.61. The van der Waals surface area contributed by atoms with Gasteiger partial charge in [0, 0.05) is 25.1 Å². The van der Waals surface area contributed by atoms with Crippen molar-refractivity contribution in [3.63, 3.8) is 0 Å². The van der Waals surface area contributed by atoms with E-state index in [2.05, 4.69) is 0 Å². The van der Waals surface area contributed by atoms with Crippen LogP contribution in [0.15, 0.2) is 18.2 Å². The maximum atomic E-state index is 13.5. The van der Waals surface area contributed by atoms with Crippen molar-refractivity contribution in [3.8, 4) is 0 Å². The summed E-state index contributed by atoms with van der Waals surface area (Å²) in [5.74, 6) is -1.01. The molecule has 1 heterocycles. The Kier molecular flexibility index (Phi) is 4.93. The number of hydrogen-bond acceptors (Lipinski definition) is 2. The lowest BCUT2D eigenvalue weighted by atomic mass is 9.95. The van der Waals surface area contributed by atoms with E-state index in [0.717, 1.165) is 6.07 Å². The number of nitrogens with zero attached hydrogens (tertiary/aromatic N) is 1. The Bertz CT molecular complexity index is 499. The normalized spacial score (nSPS) is 23.5. The fourth-order valence-corrected chi connectivity index (χ4v) is 2.96. The summed E-state index contributed by atoms with van der Waals surface area (Å²) >= 11 is 0. The van der Waals surface area contributed by atoms with E-state index in [1.165, 1.54) is 12.1 Å². The molecule has 21 heavy (non-hydrogen) atoms. The number of likely N-dealkylation sites (tertiary alicyclic amines) is 1. The number of nitrogens with two attached hydrogens (primary N) is 1. The Morgan fingerprint density at radius 2 is 1.90 bits per heavy atom. The molecule has 0 bridgehead atoms. The first kappa shape index (κ1) is 15.9. The van der Waals surface area contributed by atoms with Crippen molar-refractivity contribution in [1.82, 2.24) is 4.90 Å². The highest BCUT2D eigenvalue weighted by Gasteiger charge is 2.33. The van der Waals surface area contributed by atoms with Crippen molar-refractivity contribution in [2.75, 3.05) is 6.54 Å². The summed E-state index contributed by atoms with van der Waals surface area (Å²) < 4.78 is 27.0. The van der Waals surface area contributed by atoms with Gasteiger partial charge in [-0.2, -0.15) is 0 Å². The van der Waals surface area contributed by atoms with Crippen molar-refractivity contribution in [2.24, 2.45) is 11.7 Å². The van der Waals surface area contributed by atoms with Crippen LogP contribution in [0.1, 0.15) is 44.7 Å². The molecule has 0 aromatic heterocycles. The molecule has 3 nitrogen and oxygen atoms in total. The molecule has 2 atom stereocenters. The van der Waals surface area contributed by atoms with E-state index in [0.29, 0.717) is 31.4 Å². The van der Waals surface area contributed by atoms with Crippen LogP contribution in [0.2, 0.25) is 0 Å². The second kappa shape index (κ2) is 6.52. The SMILES string of the molecule is CC(C)CN1C(=O)CCCC(N)C1c1cc(F)cc(F)c1. The standard InChI is InChI=1S/C16H22F2N2O/c1-10(2)9-20-15(21)5-3-4-14(19)16(20)11-6-12(17)8-13(18)7-11/h6-8,10,14,16H,3-5,9,19H2,1-2H3. The van der Waals surface area contributed by atoms with E-state index in [1.54, 1.807) is 4.90 Å². The molecule has 1 aromatic rings. The smallest absolute Gasteiger partial charge is 0.223 e. The van der Waals surface area contributed by atoms with Crippen molar-refractivity contribution >= 4 is 5.91 Å². The lowest BCUT2D eigenvalue weighted by Crippen LogP contribution is -2.43. The number of amides is 1. The topological polar surface area (TPSA) is 46.3 Å². The average molecular weight is 296 g/mol. The number of benzene rings is 1. The van der Waals surface area contributed by atoms with Crippen molar-refractivity contribution in [2.45, 2.75) is 45.2 Å². The van der Waals surface area contributed by atoms with Gasteiger partial charge in [-0.25, -0.2) is 8.78 Å². The number of carbonyl (C=O) groups excluding carboxylic acids is 1. The molecule has 2 unspecified atom stereocenters. The van der Waals surface area contributed by atoms with Crippen LogP contribution < -0.4 is 5.73 Å². The zero-order chi connectivity index (χ0) is 15.6. The van der Waals surface area contributed by atoms with Gasteiger partial charge < -0.3 is 10.6 Å². The highest BCUT2D eigenvalue weighted by Crippen LogP contribution is 2.31. The minimum absolute atomic E-state index is 0.00585. The molecule has 0 aliphatic carbocycles. The third-order valence-corrected chi connectivity index (χ3v) is 3.78. The minimum Gasteiger partial charge on any atom is -0.334 e. The van der Waals surface area contributed by atoms with Crippen LogP contribution in [0, 0.1) is 17.6 Å². The van der Waals surface area contributed by atoms with Gasteiger partial charge in [0.1, 0.15) is 11.6 Å². The maximum Gasteiger partial charge on any atom is 0.223 e. The molecule has 5 heteroatoms. The summed E-state index contributed by atoms with van der Waals surface area (Å²) in [5.41, 5.74) is 6.64. The Morgan fingerprint density at radius 1 is 1.29 bits per heavy atom. The maximum absolute atomic E-state index is 13.5. The number of carbonyl (C=O) groups is 1. The summed E-state index contributed by atoms with van der Waals surface area (Å²) in [6.07, 6.45) is 1.82. The second-order valence-corrected chi connectivity index (χ2v) is 6.14. The quantitative estimate of drug-likeness (QED) is 0.932. The van der Waals surface area contributed by atoms with Gasteiger partial charge in [-0.1, -0.05) is 13.8 Å². The van der Waals surface area contributed by atoms with Crippen LogP contribution >= 0.6 is 0 Å². The second-order valence-electron chi connectivity index (χ2n) is 6.14. The van der Waals surface area contributed by atoms with Gasteiger partial charge in [0.05, 0.1) is 6.04 Å². The van der Waals surface area contributed by atoms with E-state index >= 15 is 0 Å². The molecule has 1 aliphatic rings. The molecule has 0 radical (unpaired) electrons. The first-order chi connectivity index (χ1) is 9.88. The van der Waals surface area contributed by atoms with E-state index in [-0.39, 0.29) is 17.9 Å². The molecule has 2 rings (SSSR count). The average Bonchev–Trinajstić information content (AvgIpc) is 2.48. The van der Waals surface area contributed by atoms with Crippen LogP contribution in [-0.4, -0.2) is 23.4 Å². The zero-order valence-corrected chi connectivity index (χ0v) is 12.5. The molecule has 0 saturated carbocycles. The summed E-state index contributed by atoms with van der Waals surface area (Å²) in [4.78, 5) is 14.0. The molecular formula is C16H22F2N2O. The summed E-state index contributed by atoms with van der Waals surface area (Å²) in [6.45, 7) is 4.55. The fraction of sp³-hybridized carbons (Fsp3) is 0.562. The number of hydrogen-bond donors (Lipinski definition) is 1. The van der Waals surface area contributed by atoms with Gasteiger partial charge in [0.2, 0.25) is 5.91 Å². The van der Waals surface area contributed by atoms with Crippen molar-refractivity contribution in [1.29, 1.82) is 0 Å². The molecule has 1 amide bonds.